The Kier molecular flexibility index (Phi) is 3.84. The van der Waals surface area contributed by atoms with Crippen LogP contribution in [-0.2, 0) is 6.42 Å². The molecule has 0 aliphatic carbocycles. The number of fused-ring (bicyclic) bond motifs is 1. The minimum atomic E-state index is 0.293. The third-order valence-electron chi connectivity index (χ3n) is 3.59. The van der Waals surface area contributed by atoms with Gasteiger partial charge >= 0.3 is 0 Å². The highest BCUT2D eigenvalue weighted by Crippen LogP contribution is 2.27. The lowest BCUT2D eigenvalue weighted by atomic mass is 9.97. The normalized spacial score (nSPS) is 11.2. The molecule has 0 saturated carbocycles. The number of aromatic nitrogens is 3. The lowest BCUT2D eigenvalue weighted by Crippen LogP contribution is -2.04. The molecule has 0 unspecified atom stereocenters. The Labute approximate surface area is 129 Å². The van der Waals surface area contributed by atoms with Crippen molar-refractivity contribution in [3.05, 3.63) is 64.8 Å². The number of halogens is 1. The number of hydrogen-bond donors (Lipinski definition) is 0. The lowest BCUT2D eigenvalue weighted by molar-refractivity contribution is 0.816. The third kappa shape index (κ3) is 2.74. The number of benzene rings is 1. The van der Waals surface area contributed by atoms with Crippen molar-refractivity contribution in [1.29, 1.82) is 0 Å². The Morgan fingerprint density at radius 1 is 1.05 bits per heavy atom. The van der Waals surface area contributed by atoms with Crippen LogP contribution >= 0.6 is 11.6 Å². The zero-order chi connectivity index (χ0) is 14.8. The zero-order valence-corrected chi connectivity index (χ0v) is 12.8. The molecule has 2 aromatic heterocycles. The van der Waals surface area contributed by atoms with Gasteiger partial charge in [0.1, 0.15) is 11.5 Å². The predicted molar refractivity (Wildman–Crippen MR) is 85.7 cm³/mol. The molecule has 3 aromatic rings. The maximum Gasteiger partial charge on any atom is 0.136 e. The van der Waals surface area contributed by atoms with Crippen LogP contribution in [0.5, 0.6) is 0 Å². The number of pyridine rings is 1. The number of rotatable bonds is 3. The zero-order valence-electron chi connectivity index (χ0n) is 12.0. The molecule has 1 aromatic carbocycles. The summed E-state index contributed by atoms with van der Waals surface area (Å²) in [4.78, 5) is 13.0. The fraction of sp³-hybridized carbons (Fsp3) is 0.235. The fourth-order valence-electron chi connectivity index (χ4n) is 2.61. The largest absolute Gasteiger partial charge is 0.256 e. The average molecular weight is 298 g/mol. The van der Waals surface area contributed by atoms with Crippen molar-refractivity contribution in [2.45, 2.75) is 26.2 Å². The summed E-state index contributed by atoms with van der Waals surface area (Å²) in [6, 6.07) is 10.2. The van der Waals surface area contributed by atoms with Crippen molar-refractivity contribution in [3.63, 3.8) is 0 Å². The maximum atomic E-state index is 6.25. The van der Waals surface area contributed by atoms with E-state index < -0.39 is 0 Å². The second-order valence-corrected chi connectivity index (χ2v) is 5.70. The Morgan fingerprint density at radius 2 is 1.86 bits per heavy atom. The van der Waals surface area contributed by atoms with E-state index in [1.807, 2.05) is 30.5 Å². The smallest absolute Gasteiger partial charge is 0.136 e. The second-order valence-electron chi connectivity index (χ2n) is 5.34. The first-order chi connectivity index (χ1) is 10.2. The topological polar surface area (TPSA) is 38.7 Å². The summed E-state index contributed by atoms with van der Waals surface area (Å²) in [5.74, 6) is 0.293. The number of para-hydroxylation sites is 1. The van der Waals surface area contributed by atoms with Gasteiger partial charge in [-0.2, -0.15) is 0 Å². The summed E-state index contributed by atoms with van der Waals surface area (Å²) in [7, 11) is 0. The van der Waals surface area contributed by atoms with Gasteiger partial charge in [0.05, 0.1) is 11.2 Å². The third-order valence-corrected chi connectivity index (χ3v) is 3.89. The van der Waals surface area contributed by atoms with Crippen LogP contribution in [0.1, 0.15) is 36.6 Å². The molecule has 21 heavy (non-hydrogen) atoms. The van der Waals surface area contributed by atoms with Crippen LogP contribution in [0, 0.1) is 0 Å². The van der Waals surface area contributed by atoms with Gasteiger partial charge in [-0.15, -0.1) is 0 Å². The monoisotopic (exact) mass is 297 g/mol. The quantitative estimate of drug-likeness (QED) is 0.673. The standard InChI is InChI=1S/C17H16ClN3/c1-11(2)16-15(20-10-21-17(16)18)9-12-7-8-19-14-6-4-3-5-13(12)14/h3-8,10-11H,9H2,1-2H3. The van der Waals surface area contributed by atoms with Gasteiger partial charge in [0, 0.05) is 23.6 Å². The minimum Gasteiger partial charge on any atom is -0.256 e. The van der Waals surface area contributed by atoms with Crippen LogP contribution in [0.4, 0.5) is 0 Å². The Morgan fingerprint density at radius 3 is 2.67 bits per heavy atom. The van der Waals surface area contributed by atoms with Crippen molar-refractivity contribution in [2.75, 3.05) is 0 Å². The lowest BCUT2D eigenvalue weighted by Gasteiger charge is -2.13. The first-order valence-corrected chi connectivity index (χ1v) is 7.36. The molecule has 0 amide bonds. The molecule has 2 heterocycles. The molecule has 0 radical (unpaired) electrons. The second kappa shape index (κ2) is 5.78. The highest BCUT2D eigenvalue weighted by molar-refractivity contribution is 6.30. The van der Waals surface area contributed by atoms with Crippen LogP contribution in [0.2, 0.25) is 5.15 Å². The summed E-state index contributed by atoms with van der Waals surface area (Å²) in [6.45, 7) is 4.22. The van der Waals surface area contributed by atoms with Crippen LogP contribution in [0.3, 0.4) is 0 Å². The Hall–Kier alpha value is -2.00. The van der Waals surface area contributed by atoms with Crippen molar-refractivity contribution < 1.29 is 0 Å². The molecular weight excluding hydrogens is 282 g/mol. The molecule has 0 bridgehead atoms. The van der Waals surface area contributed by atoms with Gasteiger partial charge in [-0.25, -0.2) is 9.97 Å². The van der Waals surface area contributed by atoms with Crippen LogP contribution < -0.4 is 0 Å². The molecule has 106 valence electrons. The first kappa shape index (κ1) is 14.0. The molecule has 0 spiro atoms. The van der Waals surface area contributed by atoms with Crippen molar-refractivity contribution >= 4 is 22.5 Å². The Balaban J connectivity index is 2.09. The molecule has 3 rings (SSSR count). The van der Waals surface area contributed by atoms with Crippen LogP contribution in [0.25, 0.3) is 10.9 Å². The van der Waals surface area contributed by atoms with E-state index in [2.05, 4.69) is 34.9 Å². The molecule has 0 aliphatic heterocycles. The van der Waals surface area contributed by atoms with Crippen molar-refractivity contribution in [1.82, 2.24) is 15.0 Å². The van der Waals surface area contributed by atoms with Gasteiger partial charge in [-0.1, -0.05) is 43.6 Å². The molecule has 0 fully saturated rings. The summed E-state index contributed by atoms with van der Waals surface area (Å²) in [5, 5.41) is 1.71. The maximum absolute atomic E-state index is 6.25. The van der Waals surface area contributed by atoms with Gasteiger partial charge in [-0.05, 0) is 23.6 Å². The van der Waals surface area contributed by atoms with Gasteiger partial charge in [-0.3, -0.25) is 4.98 Å². The molecule has 3 nitrogen and oxygen atoms in total. The average Bonchev–Trinajstić information content (AvgIpc) is 2.47. The van der Waals surface area contributed by atoms with E-state index in [-0.39, 0.29) is 0 Å². The summed E-state index contributed by atoms with van der Waals surface area (Å²) in [5.41, 5.74) is 4.22. The molecular formula is C17H16ClN3. The summed E-state index contributed by atoms with van der Waals surface area (Å²) in [6.07, 6.45) is 4.11. The highest BCUT2D eigenvalue weighted by atomic mass is 35.5. The van der Waals surface area contributed by atoms with E-state index in [9.17, 15) is 0 Å². The molecule has 4 heteroatoms. The fourth-order valence-corrected chi connectivity index (χ4v) is 2.98. The summed E-state index contributed by atoms with van der Waals surface area (Å²) < 4.78 is 0. The van der Waals surface area contributed by atoms with Gasteiger partial charge < -0.3 is 0 Å². The van der Waals surface area contributed by atoms with Gasteiger partial charge in [0.25, 0.3) is 0 Å². The van der Waals surface area contributed by atoms with E-state index in [0.29, 0.717) is 11.1 Å². The molecule has 0 N–H and O–H groups in total. The summed E-state index contributed by atoms with van der Waals surface area (Å²) >= 11 is 6.25. The minimum absolute atomic E-state index is 0.293. The molecule has 0 saturated heterocycles. The van der Waals surface area contributed by atoms with Gasteiger partial charge in [0.15, 0.2) is 0 Å². The SMILES string of the molecule is CC(C)c1c(Cl)ncnc1Cc1ccnc2ccccc12. The number of hydrogen-bond acceptors (Lipinski definition) is 3. The van der Waals surface area contributed by atoms with E-state index >= 15 is 0 Å². The van der Waals surface area contributed by atoms with Crippen LogP contribution in [-0.4, -0.2) is 15.0 Å². The molecule has 0 atom stereocenters. The first-order valence-electron chi connectivity index (χ1n) is 6.98. The van der Waals surface area contributed by atoms with E-state index in [4.69, 9.17) is 11.6 Å². The van der Waals surface area contributed by atoms with Crippen molar-refractivity contribution in [2.24, 2.45) is 0 Å². The predicted octanol–water partition coefficient (Wildman–Crippen LogP) is 4.39. The van der Waals surface area contributed by atoms with E-state index in [0.717, 1.165) is 28.6 Å². The van der Waals surface area contributed by atoms with Crippen LogP contribution in [0.15, 0.2) is 42.9 Å². The highest BCUT2D eigenvalue weighted by Gasteiger charge is 2.14. The Bertz CT molecular complexity index is 779. The molecule has 0 aliphatic rings. The number of nitrogens with zero attached hydrogens (tertiary/aromatic N) is 3. The van der Waals surface area contributed by atoms with Crippen molar-refractivity contribution in [3.8, 4) is 0 Å². The van der Waals surface area contributed by atoms with E-state index in [1.54, 1.807) is 0 Å². The van der Waals surface area contributed by atoms with Gasteiger partial charge in [0.2, 0.25) is 0 Å². The van der Waals surface area contributed by atoms with E-state index in [1.165, 1.54) is 11.9 Å².